The molecule has 2 atom stereocenters. The molecular weight excluding hydrogens is 622 g/mol. The highest BCUT2D eigenvalue weighted by Gasteiger charge is 2.42. The number of hydrogen-bond acceptors (Lipinski definition) is 7. The number of carbonyl (C=O) groups excluding carboxylic acids is 2. The van der Waals surface area contributed by atoms with Crippen molar-refractivity contribution >= 4 is 39.1 Å². The standard InChI is InChI=1S/C32H34F2N4O7S/c1-3-45-27-16-18(6-12-24(27)34)29(36-25-15-19(30(35)39)7-11-23(25)33)31(40)38-14-4-5-26(38)22-17-20(37(2)32(41)42)8-13-28(22)46(43,44)21-9-10-21/h6-8,11-13,15-17,21,26,29,36H,3-5,9-10,14H2,1-2H3,(H2,35,39)(H,41,42)/t26-,29+/m1/s1. The Kier molecular flexibility index (Phi) is 9.20. The van der Waals surface area contributed by atoms with Gasteiger partial charge in [0, 0.05) is 24.8 Å². The molecule has 1 saturated carbocycles. The zero-order chi connectivity index (χ0) is 33.3. The average Bonchev–Trinajstić information content (AvgIpc) is 3.78. The average molecular weight is 657 g/mol. The number of benzene rings is 3. The van der Waals surface area contributed by atoms with Crippen LogP contribution in [-0.4, -0.2) is 61.8 Å². The number of carboxylic acid groups (broad SMARTS) is 1. The number of nitrogens with two attached hydrogens (primary N) is 1. The van der Waals surface area contributed by atoms with Crippen LogP contribution < -0.4 is 20.7 Å². The summed E-state index contributed by atoms with van der Waals surface area (Å²) in [6.45, 7) is 2.00. The number of carbonyl (C=O) groups is 3. The largest absolute Gasteiger partial charge is 0.491 e. The van der Waals surface area contributed by atoms with Crippen molar-refractivity contribution in [2.45, 2.75) is 54.8 Å². The summed E-state index contributed by atoms with van der Waals surface area (Å²) < 4.78 is 62.1. The lowest BCUT2D eigenvalue weighted by Crippen LogP contribution is -2.38. The fourth-order valence-corrected chi connectivity index (χ4v) is 7.55. The van der Waals surface area contributed by atoms with E-state index in [1.165, 1.54) is 48.3 Å². The van der Waals surface area contributed by atoms with Gasteiger partial charge in [0.25, 0.3) is 0 Å². The number of anilines is 2. The van der Waals surface area contributed by atoms with Crippen molar-refractivity contribution in [2.75, 3.05) is 30.4 Å². The molecule has 244 valence electrons. The van der Waals surface area contributed by atoms with E-state index in [-0.39, 0.29) is 51.9 Å². The summed E-state index contributed by atoms with van der Waals surface area (Å²) >= 11 is 0. The normalized spacial score (nSPS) is 17.0. The van der Waals surface area contributed by atoms with E-state index in [1.54, 1.807) is 6.92 Å². The number of amides is 3. The summed E-state index contributed by atoms with van der Waals surface area (Å²) in [5, 5.41) is 11.9. The first-order valence-electron chi connectivity index (χ1n) is 14.8. The minimum Gasteiger partial charge on any atom is -0.491 e. The first kappa shape index (κ1) is 32.7. The van der Waals surface area contributed by atoms with Gasteiger partial charge in [0.1, 0.15) is 11.9 Å². The van der Waals surface area contributed by atoms with Crippen LogP contribution in [0.15, 0.2) is 59.5 Å². The van der Waals surface area contributed by atoms with Crippen molar-refractivity contribution in [2.24, 2.45) is 5.73 Å². The molecule has 2 fully saturated rings. The minimum atomic E-state index is -3.77. The van der Waals surface area contributed by atoms with E-state index in [0.29, 0.717) is 25.7 Å². The van der Waals surface area contributed by atoms with E-state index in [1.807, 2.05) is 0 Å². The Morgan fingerprint density at radius 3 is 2.43 bits per heavy atom. The van der Waals surface area contributed by atoms with Gasteiger partial charge in [0.15, 0.2) is 21.4 Å². The van der Waals surface area contributed by atoms with E-state index < -0.39 is 56.7 Å². The van der Waals surface area contributed by atoms with Crippen molar-refractivity contribution in [3.05, 3.63) is 82.9 Å². The number of rotatable bonds is 11. The Morgan fingerprint density at radius 2 is 1.78 bits per heavy atom. The van der Waals surface area contributed by atoms with E-state index in [9.17, 15) is 32.3 Å². The molecule has 1 saturated heterocycles. The molecule has 11 nitrogen and oxygen atoms in total. The summed E-state index contributed by atoms with van der Waals surface area (Å²) in [5.41, 5.74) is 5.88. The molecule has 0 bridgehead atoms. The zero-order valence-corrected chi connectivity index (χ0v) is 26.0. The maximum atomic E-state index is 15.1. The van der Waals surface area contributed by atoms with Crippen molar-refractivity contribution in [1.29, 1.82) is 0 Å². The molecule has 1 aliphatic heterocycles. The predicted octanol–water partition coefficient (Wildman–Crippen LogP) is 5.03. The van der Waals surface area contributed by atoms with Gasteiger partial charge in [-0.25, -0.2) is 22.0 Å². The third kappa shape index (κ3) is 6.48. The molecule has 14 heteroatoms. The molecule has 46 heavy (non-hydrogen) atoms. The van der Waals surface area contributed by atoms with E-state index in [0.717, 1.165) is 23.1 Å². The summed E-state index contributed by atoms with van der Waals surface area (Å²) in [6, 6.07) is 9.33. The van der Waals surface area contributed by atoms with Gasteiger partial charge < -0.3 is 25.8 Å². The number of nitrogens with one attached hydrogen (secondary N) is 1. The van der Waals surface area contributed by atoms with E-state index in [2.05, 4.69) is 5.32 Å². The number of hydrogen-bond donors (Lipinski definition) is 3. The van der Waals surface area contributed by atoms with Crippen LogP contribution in [-0.2, 0) is 14.6 Å². The Labute approximate surface area is 264 Å². The lowest BCUT2D eigenvalue weighted by Gasteiger charge is -2.32. The zero-order valence-electron chi connectivity index (χ0n) is 25.2. The second-order valence-corrected chi connectivity index (χ2v) is 13.5. The van der Waals surface area contributed by atoms with Gasteiger partial charge in [-0.15, -0.1) is 0 Å². The second kappa shape index (κ2) is 12.9. The molecular formula is C32H34F2N4O7S. The molecule has 5 rings (SSSR count). The van der Waals surface area contributed by atoms with Crippen LogP contribution in [0.1, 0.15) is 66.2 Å². The van der Waals surface area contributed by atoms with Crippen LogP contribution in [0.5, 0.6) is 5.75 Å². The van der Waals surface area contributed by atoms with Gasteiger partial charge >= 0.3 is 6.09 Å². The molecule has 0 spiro atoms. The Morgan fingerprint density at radius 1 is 1.07 bits per heavy atom. The number of sulfone groups is 1. The summed E-state index contributed by atoms with van der Waals surface area (Å²) in [6.07, 6.45) is 0.602. The topological polar surface area (TPSA) is 159 Å². The lowest BCUT2D eigenvalue weighted by molar-refractivity contribution is -0.133. The van der Waals surface area contributed by atoms with E-state index >= 15 is 4.39 Å². The first-order chi connectivity index (χ1) is 21.8. The van der Waals surface area contributed by atoms with Gasteiger partial charge in [0.05, 0.1) is 28.5 Å². The highest BCUT2D eigenvalue weighted by molar-refractivity contribution is 7.92. The smallest absolute Gasteiger partial charge is 0.411 e. The van der Waals surface area contributed by atoms with Crippen LogP contribution in [0.4, 0.5) is 25.0 Å². The Balaban J connectivity index is 1.61. The number of nitrogens with zero attached hydrogens (tertiary/aromatic N) is 2. The van der Waals surface area contributed by atoms with Gasteiger partial charge in [-0.05, 0) is 92.3 Å². The van der Waals surface area contributed by atoms with Crippen molar-refractivity contribution in [1.82, 2.24) is 4.90 Å². The van der Waals surface area contributed by atoms with Gasteiger partial charge in [0.2, 0.25) is 11.8 Å². The molecule has 0 unspecified atom stereocenters. The summed E-state index contributed by atoms with van der Waals surface area (Å²) in [5.74, 6) is -3.00. The maximum absolute atomic E-state index is 15.1. The Hall–Kier alpha value is -4.72. The van der Waals surface area contributed by atoms with Gasteiger partial charge in [-0.1, -0.05) is 6.07 Å². The fraction of sp³-hybridized carbons (Fsp3) is 0.344. The highest BCUT2D eigenvalue weighted by Crippen LogP contribution is 2.43. The number of primary amides is 1. The van der Waals surface area contributed by atoms with Gasteiger partial charge in [-0.3, -0.25) is 14.5 Å². The van der Waals surface area contributed by atoms with Crippen molar-refractivity contribution < 1.29 is 41.4 Å². The van der Waals surface area contributed by atoms with Crippen molar-refractivity contribution in [3.8, 4) is 5.75 Å². The monoisotopic (exact) mass is 656 g/mol. The van der Waals surface area contributed by atoms with Crippen LogP contribution in [0.25, 0.3) is 0 Å². The van der Waals surface area contributed by atoms with Gasteiger partial charge in [-0.2, -0.15) is 0 Å². The molecule has 3 aromatic rings. The third-order valence-corrected chi connectivity index (χ3v) is 10.6. The minimum absolute atomic E-state index is 0.0162. The molecule has 3 aromatic carbocycles. The molecule has 1 heterocycles. The molecule has 4 N–H and O–H groups in total. The molecule has 0 radical (unpaired) electrons. The Bertz CT molecular complexity index is 1800. The summed E-state index contributed by atoms with van der Waals surface area (Å²) in [4.78, 5) is 40.5. The maximum Gasteiger partial charge on any atom is 0.411 e. The number of halogens is 2. The van der Waals surface area contributed by atoms with Crippen LogP contribution in [0.3, 0.4) is 0 Å². The van der Waals surface area contributed by atoms with E-state index in [4.69, 9.17) is 10.5 Å². The van der Waals surface area contributed by atoms with Crippen LogP contribution in [0.2, 0.25) is 0 Å². The van der Waals surface area contributed by atoms with Crippen LogP contribution in [0, 0.1) is 11.6 Å². The molecule has 0 aromatic heterocycles. The first-order valence-corrected chi connectivity index (χ1v) is 16.3. The van der Waals surface area contributed by atoms with Crippen molar-refractivity contribution in [3.63, 3.8) is 0 Å². The number of ether oxygens (including phenoxy) is 1. The molecule has 3 amide bonds. The second-order valence-electron chi connectivity index (χ2n) is 11.3. The fourth-order valence-electron chi connectivity index (χ4n) is 5.65. The predicted molar refractivity (Wildman–Crippen MR) is 166 cm³/mol. The lowest BCUT2D eigenvalue weighted by atomic mass is 10.00. The summed E-state index contributed by atoms with van der Waals surface area (Å²) in [7, 11) is -2.45. The highest BCUT2D eigenvalue weighted by atomic mass is 32.2. The molecule has 2 aliphatic rings. The molecule has 1 aliphatic carbocycles. The van der Waals surface area contributed by atoms with Crippen LogP contribution >= 0.6 is 0 Å². The quantitative estimate of drug-likeness (QED) is 0.259. The third-order valence-electron chi connectivity index (χ3n) is 8.22. The number of likely N-dealkylation sites (tertiary alicyclic amines) is 1. The SMILES string of the molecule is CCOc1cc([C@H](Nc2cc(C(N)=O)ccc2F)C(=O)N2CCC[C@@H]2c2cc(N(C)C(=O)O)ccc2S(=O)(=O)C2CC2)ccc1F.